The van der Waals surface area contributed by atoms with Crippen LogP contribution >= 0.6 is 0 Å². The zero-order valence-electron chi connectivity index (χ0n) is 66.2. The van der Waals surface area contributed by atoms with Gasteiger partial charge in [0, 0.05) is 71.6 Å². The van der Waals surface area contributed by atoms with E-state index < -0.39 is 162 Å². The van der Waals surface area contributed by atoms with Gasteiger partial charge < -0.3 is 75.8 Å². The van der Waals surface area contributed by atoms with Crippen LogP contribution in [0.3, 0.4) is 0 Å². The van der Waals surface area contributed by atoms with Gasteiger partial charge in [0.1, 0.15) is 42.5 Å². The van der Waals surface area contributed by atoms with E-state index in [-0.39, 0.29) is 79.9 Å². The van der Waals surface area contributed by atoms with Crippen LogP contribution in [0.25, 0.3) is 0 Å². The summed E-state index contributed by atoms with van der Waals surface area (Å²) in [4.78, 5) is 185. The number of hydrogen-bond acceptors (Lipinski definition) is 19. The first-order chi connectivity index (χ1) is 50.0. The van der Waals surface area contributed by atoms with Gasteiger partial charge in [-0.3, -0.25) is 57.7 Å². The Morgan fingerprint density at radius 3 is 1.84 bits per heavy atom. The van der Waals surface area contributed by atoms with Crippen LogP contribution in [0, 0.1) is 35.5 Å². The Labute approximate surface area is 630 Å². The second kappa shape index (κ2) is 41.3. The molecule has 596 valence electrons. The molecule has 30 nitrogen and oxygen atoms in total. The fourth-order valence-corrected chi connectivity index (χ4v) is 13.3. The third-order valence-electron chi connectivity index (χ3n) is 19.1. The lowest BCUT2D eigenvalue weighted by atomic mass is 9.83. The fourth-order valence-electron chi connectivity index (χ4n) is 13.3. The highest BCUT2D eigenvalue weighted by Gasteiger charge is 2.46. The number of primary amides is 1. The molecule has 107 heavy (non-hydrogen) atoms. The molecule has 4 rings (SSSR count). The van der Waals surface area contributed by atoms with Gasteiger partial charge in [0.2, 0.25) is 35.4 Å². The molecule has 12 amide bonds. The molecule has 2 aliphatic rings. The van der Waals surface area contributed by atoms with Gasteiger partial charge in [-0.1, -0.05) is 111 Å². The number of anilines is 1. The van der Waals surface area contributed by atoms with E-state index in [1.807, 2.05) is 45.9 Å². The number of benzene rings is 2. The van der Waals surface area contributed by atoms with Gasteiger partial charge in [0.15, 0.2) is 5.78 Å². The number of carbonyl (C=O) groups is 13. The highest BCUT2D eigenvalue weighted by molar-refractivity contribution is 6.15. The summed E-state index contributed by atoms with van der Waals surface area (Å²) >= 11 is 0. The van der Waals surface area contributed by atoms with Crippen molar-refractivity contribution in [2.24, 2.45) is 41.2 Å². The maximum absolute atomic E-state index is 14.9. The summed E-state index contributed by atoms with van der Waals surface area (Å²) in [6.07, 6.45) is -0.895. The molecule has 8 N–H and O–H groups in total. The highest BCUT2D eigenvalue weighted by atomic mass is 16.6. The molecule has 0 bridgehead atoms. The standard InChI is InChI=1S/C77H119N11O19/c1-21-47(8)65(58(103-19)40-61(92)87-38-26-30-55(87)67(104-20)48(9)68(95)80-49(10)66(94)51-27-23-22-24-28-51)84(17)72(99)53(44(2)3)39-57(89)64(46(6)7)85(18)74(101)105-43-50-31-33-52(34-32-50)81-69(96)54(29-25-37-79-73(78)100)82-71(98)63(45(4)5)83-70(97)56(88-59(90)35-36-60(88)91)41-86(75(102)107-77(14,15)16)42-62(93)106-76(11,12)13/h22-24,27-28,31-36,44-49,53-56,58,63-67,94H,21,25-26,29-30,37-43H2,1-20H3,(H,80,95)(H,81,96)(H,82,98)(H,83,97)(H3,78,79,100)/t47-,48+,49-,53-,54+,55-,56-,58+,63-,64-,65-,66-,67-/m0/s1. The van der Waals surface area contributed by atoms with Crippen molar-refractivity contribution in [2.75, 3.05) is 59.8 Å². The van der Waals surface area contributed by atoms with Gasteiger partial charge in [0.25, 0.3) is 11.8 Å². The number of esters is 1. The number of methoxy groups -OCH3 is 2. The summed E-state index contributed by atoms with van der Waals surface area (Å²) in [5.41, 5.74) is 4.57. The normalized spacial score (nSPS) is 17.3. The molecule has 0 aliphatic carbocycles. The van der Waals surface area contributed by atoms with E-state index >= 15 is 0 Å². The SMILES string of the molecule is CC[C@H](C)[C@@H]([C@@H](CC(=O)N1CCC[C@H]1[C@@H](OC)[C@@H](C)C(=O)N[C@@H](C)[C@H](O)c1ccccc1)OC)N(C)C(=O)[C@@H](CC(=O)[C@H](C(C)C)N(C)C(=O)OCc1ccc(NC(=O)[C@@H](CCCNC(N)=O)NC(=O)[C@@H](NC(=O)[C@H](CN(CC(=O)OC(C)(C)C)C(=O)OC(C)(C)C)N2C(=O)C=CC2=O)C(C)C)cc1)C(C)C. The van der Waals surface area contributed by atoms with Crippen molar-refractivity contribution in [1.29, 1.82) is 0 Å². The number of carbonyl (C=O) groups excluding carboxylic acids is 13. The quantitative estimate of drug-likeness (QED) is 0.0161. The van der Waals surface area contributed by atoms with E-state index in [1.54, 1.807) is 124 Å². The monoisotopic (exact) mass is 1500 g/mol. The van der Waals surface area contributed by atoms with Crippen LogP contribution in [0.2, 0.25) is 0 Å². The first-order valence-electron chi connectivity index (χ1n) is 36.8. The molecule has 30 heteroatoms. The summed E-state index contributed by atoms with van der Waals surface area (Å²) in [7, 11) is 6.11. The zero-order chi connectivity index (χ0) is 80.7. The Bertz CT molecular complexity index is 3390. The largest absolute Gasteiger partial charge is 0.459 e. The molecule has 2 aromatic rings. The Balaban J connectivity index is 1.47. The molecule has 0 aromatic heterocycles. The number of rotatable bonds is 39. The number of nitrogens with two attached hydrogens (primary N) is 1. The van der Waals surface area contributed by atoms with E-state index in [2.05, 4.69) is 26.6 Å². The molecular formula is C77H119N11O19. The Morgan fingerprint density at radius 1 is 0.701 bits per heavy atom. The van der Waals surface area contributed by atoms with Gasteiger partial charge in [-0.2, -0.15) is 0 Å². The number of urea groups is 1. The first kappa shape index (κ1) is 90.4. The number of ketones is 1. The average Bonchev–Trinajstić information content (AvgIpc) is 1.80. The number of nitrogens with one attached hydrogen (secondary N) is 5. The first-order valence-corrected chi connectivity index (χ1v) is 36.8. The Morgan fingerprint density at radius 2 is 1.31 bits per heavy atom. The van der Waals surface area contributed by atoms with Gasteiger partial charge in [0.05, 0.1) is 61.4 Å². The highest BCUT2D eigenvalue weighted by Crippen LogP contribution is 2.32. The second-order valence-electron chi connectivity index (χ2n) is 30.9. The van der Waals surface area contributed by atoms with Crippen LogP contribution in [-0.2, 0) is 78.2 Å². The maximum atomic E-state index is 14.9. The lowest BCUT2D eigenvalue weighted by Crippen LogP contribution is -2.61. The summed E-state index contributed by atoms with van der Waals surface area (Å²) in [6, 6.07) is 7.06. The summed E-state index contributed by atoms with van der Waals surface area (Å²) in [5.74, 6) is -9.93. The molecule has 0 spiro atoms. The van der Waals surface area contributed by atoms with Crippen LogP contribution in [0.5, 0.6) is 0 Å². The van der Waals surface area contributed by atoms with Gasteiger partial charge in [-0.15, -0.1) is 0 Å². The number of ether oxygens (including phenoxy) is 5. The second-order valence-corrected chi connectivity index (χ2v) is 30.9. The van der Waals surface area contributed by atoms with Crippen LogP contribution in [0.1, 0.15) is 173 Å². The van der Waals surface area contributed by atoms with Crippen molar-refractivity contribution in [2.45, 2.75) is 234 Å². The van der Waals surface area contributed by atoms with Crippen molar-refractivity contribution in [3.63, 3.8) is 0 Å². The minimum atomic E-state index is -1.83. The number of hydrogen-bond donors (Lipinski definition) is 7. The van der Waals surface area contributed by atoms with Gasteiger partial charge in [-0.25, -0.2) is 14.4 Å². The third-order valence-corrected chi connectivity index (χ3v) is 19.1. The van der Waals surface area contributed by atoms with Crippen molar-refractivity contribution < 1.29 is 91.1 Å². The van der Waals surface area contributed by atoms with Crippen molar-refractivity contribution in [3.8, 4) is 0 Å². The van der Waals surface area contributed by atoms with Crippen LogP contribution in [-0.4, -0.2) is 227 Å². The Kier molecular flexibility index (Phi) is 34.9. The number of imide groups is 1. The smallest absolute Gasteiger partial charge is 0.410 e. The van der Waals surface area contributed by atoms with Crippen molar-refractivity contribution in [1.82, 2.24) is 45.8 Å². The predicted octanol–water partition coefficient (Wildman–Crippen LogP) is 6.55. The fraction of sp³-hybridized carbons (Fsp3) is 0.649. The lowest BCUT2D eigenvalue weighted by molar-refractivity contribution is -0.156. The molecule has 2 heterocycles. The molecule has 2 aromatic carbocycles. The number of amides is 12. The summed E-state index contributed by atoms with van der Waals surface area (Å²) < 4.78 is 28.8. The number of likely N-dealkylation sites (tertiary alicyclic amines) is 1. The maximum Gasteiger partial charge on any atom is 0.410 e. The predicted molar refractivity (Wildman–Crippen MR) is 399 cm³/mol. The molecule has 2 aliphatic heterocycles. The van der Waals surface area contributed by atoms with E-state index in [0.29, 0.717) is 41.8 Å². The number of aliphatic hydroxyl groups excluding tert-OH is 1. The molecule has 1 saturated heterocycles. The van der Waals surface area contributed by atoms with E-state index in [0.717, 1.165) is 17.1 Å². The number of aliphatic hydroxyl groups is 1. The van der Waals surface area contributed by atoms with Crippen LogP contribution < -0.4 is 32.3 Å². The number of Topliss-reactive ketones (excluding diaryl/α,β-unsaturated/α-hetero) is 1. The van der Waals surface area contributed by atoms with Gasteiger partial charge in [-0.05, 0) is 121 Å². The zero-order valence-corrected chi connectivity index (χ0v) is 66.2. The molecule has 0 radical (unpaired) electrons. The summed E-state index contributed by atoms with van der Waals surface area (Å²) in [5, 5.41) is 24.4. The molecule has 0 unspecified atom stereocenters. The third kappa shape index (κ3) is 27.0. The molecule has 1 fully saturated rings. The summed E-state index contributed by atoms with van der Waals surface area (Å²) in [6.45, 7) is 25.9. The van der Waals surface area contributed by atoms with E-state index in [4.69, 9.17) is 29.4 Å². The van der Waals surface area contributed by atoms with Crippen LogP contribution in [0.15, 0.2) is 66.7 Å². The average molecular weight is 1500 g/mol. The topological polar surface area (TPSA) is 391 Å². The van der Waals surface area contributed by atoms with E-state index in [9.17, 15) is 67.4 Å². The lowest BCUT2D eigenvalue weighted by Gasteiger charge is -2.41. The minimum absolute atomic E-state index is 0.00424. The number of nitrogens with zero attached hydrogens (tertiary/aromatic N) is 5. The minimum Gasteiger partial charge on any atom is -0.459 e. The molecular weight excluding hydrogens is 1380 g/mol. The van der Waals surface area contributed by atoms with Crippen molar-refractivity contribution in [3.05, 3.63) is 77.9 Å². The molecule has 13 atom stereocenters. The van der Waals surface area contributed by atoms with Crippen LogP contribution in [0.4, 0.5) is 20.1 Å². The molecule has 0 saturated carbocycles. The number of likely N-dealkylation sites (N-methyl/N-ethyl adjacent to an activating group) is 2. The van der Waals surface area contributed by atoms with Crippen molar-refractivity contribution >= 4 is 82.9 Å². The van der Waals surface area contributed by atoms with Gasteiger partial charge >= 0.3 is 24.2 Å². The van der Waals surface area contributed by atoms with E-state index in [1.165, 1.54) is 38.3 Å². The Hall–Kier alpha value is -9.03.